The van der Waals surface area contributed by atoms with Gasteiger partial charge in [0, 0.05) is 25.1 Å². The molecule has 2 N–H and O–H groups in total. The van der Waals surface area contributed by atoms with Crippen molar-refractivity contribution < 1.29 is 24.2 Å². The summed E-state index contributed by atoms with van der Waals surface area (Å²) in [4.78, 5) is 32.9. The number of aryl methyl sites for hydroxylation is 1. The lowest BCUT2D eigenvalue weighted by Gasteiger charge is -2.24. The molecule has 1 fully saturated rings. The first-order chi connectivity index (χ1) is 16.4. The van der Waals surface area contributed by atoms with E-state index in [1.165, 1.54) is 19.1 Å². The van der Waals surface area contributed by atoms with Crippen molar-refractivity contribution in [3.8, 4) is 21.9 Å². The predicted molar refractivity (Wildman–Crippen MR) is 129 cm³/mol. The van der Waals surface area contributed by atoms with Crippen molar-refractivity contribution in [1.82, 2.24) is 15.2 Å². The summed E-state index contributed by atoms with van der Waals surface area (Å²) in [6, 6.07) is 12.0. The molecular formula is C25H27N3O5S. The Kier molecular flexibility index (Phi) is 7.14. The first-order valence-electron chi connectivity index (χ1n) is 10.9. The molecule has 9 heteroatoms. The molecule has 0 aliphatic carbocycles. The first-order valence-corrected chi connectivity index (χ1v) is 11.8. The van der Waals surface area contributed by atoms with Crippen molar-refractivity contribution >= 4 is 23.2 Å². The number of rotatable bonds is 7. The number of aliphatic hydroxyl groups excluding tert-OH is 1. The van der Waals surface area contributed by atoms with Gasteiger partial charge in [0.1, 0.15) is 6.04 Å². The Morgan fingerprint density at radius 3 is 2.53 bits per heavy atom. The summed E-state index contributed by atoms with van der Waals surface area (Å²) in [6.07, 6.45) is -0.573. The molecule has 2 amide bonds. The van der Waals surface area contributed by atoms with Gasteiger partial charge in [-0.3, -0.25) is 9.59 Å². The number of carbonyl (C=O) groups excluding carboxylic acids is 2. The van der Waals surface area contributed by atoms with Crippen molar-refractivity contribution in [2.24, 2.45) is 0 Å². The largest absolute Gasteiger partial charge is 0.493 e. The molecule has 0 spiro atoms. The molecule has 1 aliphatic rings. The molecule has 1 aromatic heterocycles. The third-order valence-electron chi connectivity index (χ3n) is 5.90. The molecule has 34 heavy (non-hydrogen) atoms. The smallest absolute Gasteiger partial charge is 0.254 e. The summed E-state index contributed by atoms with van der Waals surface area (Å²) in [7, 11) is 3.01. The minimum absolute atomic E-state index is 0.0914. The molecule has 3 aromatic rings. The second-order valence-corrected chi connectivity index (χ2v) is 8.97. The lowest BCUT2D eigenvalue weighted by Crippen LogP contribution is -2.45. The topological polar surface area (TPSA) is 101 Å². The second kappa shape index (κ2) is 10.2. The summed E-state index contributed by atoms with van der Waals surface area (Å²) in [6.45, 7) is 2.39. The molecular weight excluding hydrogens is 454 g/mol. The van der Waals surface area contributed by atoms with E-state index in [2.05, 4.69) is 10.3 Å². The zero-order valence-electron chi connectivity index (χ0n) is 19.3. The van der Waals surface area contributed by atoms with Gasteiger partial charge in [0.05, 0.1) is 36.4 Å². The van der Waals surface area contributed by atoms with Crippen LogP contribution in [0.25, 0.3) is 10.4 Å². The standard InChI is InChI=1S/C25H27N3O5S/c1-15-23(34-14-27-15)17-6-4-16(5-7-17)12-26-24(30)20-11-19(29)13-28(20)25(31)18-8-9-21(32-2)22(10-18)33-3/h4-10,14,19-20,29H,11-13H2,1-3H3,(H,26,30). The van der Waals surface area contributed by atoms with E-state index in [1.807, 2.05) is 36.7 Å². The monoisotopic (exact) mass is 481 g/mol. The van der Waals surface area contributed by atoms with Crippen LogP contribution in [0.5, 0.6) is 11.5 Å². The number of aliphatic hydroxyl groups is 1. The molecule has 1 saturated heterocycles. The fraction of sp³-hybridized carbons (Fsp3) is 0.320. The molecule has 4 rings (SSSR count). The molecule has 178 valence electrons. The average Bonchev–Trinajstić information content (AvgIpc) is 3.47. The van der Waals surface area contributed by atoms with E-state index in [4.69, 9.17) is 9.47 Å². The van der Waals surface area contributed by atoms with Crippen LogP contribution >= 0.6 is 11.3 Å². The van der Waals surface area contributed by atoms with E-state index < -0.39 is 12.1 Å². The van der Waals surface area contributed by atoms with Crippen LogP contribution in [-0.2, 0) is 11.3 Å². The predicted octanol–water partition coefficient (Wildman–Crippen LogP) is 3.03. The highest BCUT2D eigenvalue weighted by Gasteiger charge is 2.39. The van der Waals surface area contributed by atoms with Gasteiger partial charge in [-0.2, -0.15) is 0 Å². The maximum Gasteiger partial charge on any atom is 0.254 e. The fourth-order valence-electron chi connectivity index (χ4n) is 4.08. The Bertz CT molecular complexity index is 1180. The number of ether oxygens (including phenoxy) is 2. The van der Waals surface area contributed by atoms with Gasteiger partial charge in [-0.15, -0.1) is 11.3 Å². The summed E-state index contributed by atoms with van der Waals surface area (Å²) in [5, 5.41) is 13.1. The number of likely N-dealkylation sites (tertiary alicyclic amines) is 1. The van der Waals surface area contributed by atoms with Crippen LogP contribution in [0.2, 0.25) is 0 Å². The summed E-state index contributed by atoms with van der Waals surface area (Å²) in [5.74, 6) is 0.284. The van der Waals surface area contributed by atoms with Gasteiger partial charge in [-0.05, 0) is 36.2 Å². The molecule has 2 unspecified atom stereocenters. The zero-order chi connectivity index (χ0) is 24.2. The van der Waals surface area contributed by atoms with Gasteiger partial charge in [0.2, 0.25) is 5.91 Å². The van der Waals surface area contributed by atoms with Gasteiger partial charge in [0.15, 0.2) is 11.5 Å². The molecule has 2 atom stereocenters. The van der Waals surface area contributed by atoms with E-state index in [-0.39, 0.29) is 24.8 Å². The SMILES string of the molecule is COc1ccc(C(=O)N2CC(O)CC2C(=O)NCc2ccc(-c3scnc3C)cc2)cc1OC. The zero-order valence-corrected chi connectivity index (χ0v) is 20.1. The van der Waals surface area contributed by atoms with Crippen LogP contribution in [0.3, 0.4) is 0 Å². The third kappa shape index (κ3) is 4.90. The number of carbonyl (C=O) groups is 2. The van der Waals surface area contributed by atoms with Crippen LogP contribution in [0.1, 0.15) is 28.0 Å². The third-order valence-corrected chi connectivity index (χ3v) is 6.88. The number of thiazole rings is 1. The van der Waals surface area contributed by atoms with Gasteiger partial charge >= 0.3 is 0 Å². The maximum atomic E-state index is 13.2. The Balaban J connectivity index is 1.43. The number of amides is 2. The van der Waals surface area contributed by atoms with Crippen LogP contribution in [-0.4, -0.2) is 59.7 Å². The molecule has 2 aromatic carbocycles. The number of β-amino-alcohol motifs (C(OH)–C–C–N with tert-alkyl or cyclic N) is 1. The highest BCUT2D eigenvalue weighted by molar-refractivity contribution is 7.13. The lowest BCUT2D eigenvalue weighted by molar-refractivity contribution is -0.125. The van der Waals surface area contributed by atoms with Crippen LogP contribution in [0.4, 0.5) is 0 Å². The number of hydrogen-bond acceptors (Lipinski definition) is 7. The second-order valence-electron chi connectivity index (χ2n) is 8.11. The Hall–Kier alpha value is -3.43. The Morgan fingerprint density at radius 1 is 1.15 bits per heavy atom. The number of aromatic nitrogens is 1. The normalized spacial score (nSPS) is 17.5. The Labute approximate surface area is 202 Å². The number of benzene rings is 2. The quantitative estimate of drug-likeness (QED) is 0.538. The highest BCUT2D eigenvalue weighted by atomic mass is 32.1. The average molecular weight is 482 g/mol. The van der Waals surface area contributed by atoms with Crippen LogP contribution < -0.4 is 14.8 Å². The molecule has 1 aliphatic heterocycles. The molecule has 0 bridgehead atoms. The van der Waals surface area contributed by atoms with Gasteiger partial charge in [0.25, 0.3) is 5.91 Å². The molecule has 2 heterocycles. The first kappa shape index (κ1) is 23.7. The summed E-state index contributed by atoms with van der Waals surface area (Å²) < 4.78 is 10.5. The van der Waals surface area contributed by atoms with E-state index in [0.717, 1.165) is 21.7 Å². The van der Waals surface area contributed by atoms with Crippen molar-refractivity contribution in [3.05, 3.63) is 64.8 Å². The Morgan fingerprint density at radius 2 is 1.88 bits per heavy atom. The van der Waals surface area contributed by atoms with Crippen molar-refractivity contribution in [1.29, 1.82) is 0 Å². The fourth-order valence-corrected chi connectivity index (χ4v) is 4.89. The number of nitrogens with one attached hydrogen (secondary N) is 1. The summed E-state index contributed by atoms with van der Waals surface area (Å²) >= 11 is 1.59. The van der Waals surface area contributed by atoms with Gasteiger partial charge in [-0.1, -0.05) is 24.3 Å². The van der Waals surface area contributed by atoms with E-state index in [1.54, 1.807) is 29.5 Å². The van der Waals surface area contributed by atoms with Gasteiger partial charge in [-0.25, -0.2) is 4.98 Å². The van der Waals surface area contributed by atoms with Crippen molar-refractivity contribution in [2.45, 2.75) is 32.0 Å². The lowest BCUT2D eigenvalue weighted by atomic mass is 10.1. The molecule has 0 saturated carbocycles. The molecule has 0 radical (unpaired) electrons. The van der Waals surface area contributed by atoms with Crippen molar-refractivity contribution in [3.63, 3.8) is 0 Å². The number of hydrogen-bond donors (Lipinski definition) is 2. The highest BCUT2D eigenvalue weighted by Crippen LogP contribution is 2.30. The number of methoxy groups -OCH3 is 2. The molecule has 8 nitrogen and oxygen atoms in total. The van der Waals surface area contributed by atoms with E-state index >= 15 is 0 Å². The van der Waals surface area contributed by atoms with Crippen molar-refractivity contribution in [2.75, 3.05) is 20.8 Å². The minimum Gasteiger partial charge on any atom is -0.493 e. The minimum atomic E-state index is -0.762. The van der Waals surface area contributed by atoms with E-state index in [0.29, 0.717) is 23.6 Å². The van der Waals surface area contributed by atoms with Crippen LogP contribution in [0.15, 0.2) is 48.0 Å². The van der Waals surface area contributed by atoms with E-state index in [9.17, 15) is 14.7 Å². The van der Waals surface area contributed by atoms with Crippen LogP contribution in [0, 0.1) is 6.92 Å². The maximum absolute atomic E-state index is 13.2. The number of nitrogens with zero attached hydrogens (tertiary/aromatic N) is 2. The summed E-state index contributed by atoms with van der Waals surface area (Å²) in [5.41, 5.74) is 5.20. The van der Waals surface area contributed by atoms with Gasteiger partial charge < -0.3 is 24.8 Å².